The van der Waals surface area contributed by atoms with Gasteiger partial charge in [0.1, 0.15) is 0 Å². The molecule has 0 bridgehead atoms. The maximum absolute atomic E-state index is 12.0. The summed E-state index contributed by atoms with van der Waals surface area (Å²) in [5.41, 5.74) is 5.67. The van der Waals surface area contributed by atoms with Crippen LogP contribution < -0.4 is 11.1 Å². The average molecular weight is 306 g/mol. The van der Waals surface area contributed by atoms with Crippen molar-refractivity contribution < 1.29 is 9.59 Å². The summed E-state index contributed by atoms with van der Waals surface area (Å²) in [5.74, 6) is 0.177. The number of piperidine rings is 1. The fraction of sp³-hybridized carbons (Fsp3) is 0.857. The zero-order chi connectivity index (χ0) is 14.3. The molecule has 1 heterocycles. The Kier molecular flexibility index (Phi) is 9.59. The number of halogens is 1. The van der Waals surface area contributed by atoms with E-state index in [0.29, 0.717) is 25.9 Å². The smallest absolute Gasteiger partial charge is 0.224 e. The van der Waals surface area contributed by atoms with Gasteiger partial charge in [-0.15, -0.1) is 12.4 Å². The van der Waals surface area contributed by atoms with Crippen LogP contribution in [0.5, 0.6) is 0 Å². The number of nitrogens with two attached hydrogens (primary N) is 1. The van der Waals surface area contributed by atoms with Crippen molar-refractivity contribution in [1.29, 1.82) is 0 Å². The molecule has 1 aliphatic heterocycles. The Morgan fingerprint density at radius 1 is 1.45 bits per heavy atom. The fourth-order valence-electron chi connectivity index (χ4n) is 2.32. The third kappa shape index (κ3) is 6.57. The van der Waals surface area contributed by atoms with E-state index in [4.69, 9.17) is 5.73 Å². The maximum atomic E-state index is 12.0. The van der Waals surface area contributed by atoms with E-state index in [1.807, 2.05) is 18.7 Å². The number of hydrogen-bond donors (Lipinski definition) is 2. The highest BCUT2D eigenvalue weighted by molar-refractivity contribution is 5.85. The molecule has 1 rings (SSSR count). The van der Waals surface area contributed by atoms with Gasteiger partial charge in [0.25, 0.3) is 0 Å². The van der Waals surface area contributed by atoms with Crippen molar-refractivity contribution in [2.24, 2.45) is 11.7 Å². The van der Waals surface area contributed by atoms with E-state index in [2.05, 4.69) is 5.32 Å². The van der Waals surface area contributed by atoms with E-state index < -0.39 is 0 Å². The summed E-state index contributed by atoms with van der Waals surface area (Å²) < 4.78 is 0. The lowest BCUT2D eigenvalue weighted by atomic mass is 9.96. The van der Waals surface area contributed by atoms with Gasteiger partial charge in [-0.25, -0.2) is 0 Å². The van der Waals surface area contributed by atoms with Crippen LogP contribution >= 0.6 is 12.4 Å². The monoisotopic (exact) mass is 305 g/mol. The molecular weight excluding hydrogens is 278 g/mol. The molecule has 1 aliphatic rings. The Hall–Kier alpha value is -0.810. The molecule has 5 nitrogen and oxygen atoms in total. The maximum Gasteiger partial charge on any atom is 0.224 e. The van der Waals surface area contributed by atoms with Crippen LogP contribution in [0.15, 0.2) is 0 Å². The molecule has 0 radical (unpaired) electrons. The Bertz CT molecular complexity index is 311. The van der Waals surface area contributed by atoms with Crippen molar-refractivity contribution in [2.45, 2.75) is 52.0 Å². The van der Waals surface area contributed by atoms with Crippen LogP contribution in [0.4, 0.5) is 0 Å². The van der Waals surface area contributed by atoms with Crippen LogP contribution in [0.1, 0.15) is 46.0 Å². The van der Waals surface area contributed by atoms with Gasteiger partial charge in [0, 0.05) is 32.1 Å². The van der Waals surface area contributed by atoms with Crippen molar-refractivity contribution in [3.05, 3.63) is 0 Å². The van der Waals surface area contributed by atoms with Gasteiger partial charge in [-0.2, -0.15) is 0 Å². The predicted octanol–water partition coefficient (Wildman–Crippen LogP) is 1.30. The lowest BCUT2D eigenvalue weighted by Crippen LogP contribution is -2.45. The second-order valence-electron chi connectivity index (χ2n) is 5.49. The zero-order valence-electron chi connectivity index (χ0n) is 12.6. The Labute approximate surface area is 128 Å². The first-order chi connectivity index (χ1) is 9.04. The first kappa shape index (κ1) is 19.2. The SMILES string of the molecule is CCCNC(=O)C1CCCN(C(=O)CCC(C)N)C1.Cl. The number of carbonyl (C=O) groups is 2. The molecule has 1 fully saturated rings. The van der Waals surface area contributed by atoms with E-state index >= 15 is 0 Å². The number of rotatable bonds is 6. The summed E-state index contributed by atoms with van der Waals surface area (Å²) in [6.07, 6.45) is 3.93. The van der Waals surface area contributed by atoms with Crippen LogP contribution in [0.2, 0.25) is 0 Å². The molecule has 0 saturated carbocycles. The molecule has 0 aromatic rings. The summed E-state index contributed by atoms with van der Waals surface area (Å²) in [4.78, 5) is 25.8. The normalized spacial score (nSPS) is 19.9. The van der Waals surface area contributed by atoms with Crippen LogP contribution in [0, 0.1) is 5.92 Å². The van der Waals surface area contributed by atoms with E-state index in [-0.39, 0.29) is 36.2 Å². The van der Waals surface area contributed by atoms with Gasteiger partial charge in [-0.05, 0) is 32.6 Å². The van der Waals surface area contributed by atoms with Gasteiger partial charge in [0.2, 0.25) is 11.8 Å². The summed E-state index contributed by atoms with van der Waals surface area (Å²) >= 11 is 0. The standard InChI is InChI=1S/C14H27N3O2.ClH/c1-3-8-16-14(19)12-5-4-9-17(10-12)13(18)7-6-11(2)15;/h11-12H,3-10,15H2,1-2H3,(H,16,19);1H. The minimum absolute atomic E-state index is 0. The molecule has 1 saturated heterocycles. The number of likely N-dealkylation sites (tertiary alicyclic amines) is 1. The highest BCUT2D eigenvalue weighted by Crippen LogP contribution is 2.18. The van der Waals surface area contributed by atoms with Gasteiger partial charge >= 0.3 is 0 Å². The minimum atomic E-state index is -0.0421. The molecule has 20 heavy (non-hydrogen) atoms. The fourth-order valence-corrected chi connectivity index (χ4v) is 2.32. The first-order valence-electron chi connectivity index (χ1n) is 7.35. The summed E-state index contributed by atoms with van der Waals surface area (Å²) in [6, 6.07) is 0.0531. The number of nitrogens with zero attached hydrogens (tertiary/aromatic N) is 1. The van der Waals surface area contributed by atoms with E-state index in [9.17, 15) is 9.59 Å². The molecule has 2 amide bonds. The summed E-state index contributed by atoms with van der Waals surface area (Å²) in [7, 11) is 0. The predicted molar refractivity (Wildman–Crippen MR) is 82.7 cm³/mol. The lowest BCUT2D eigenvalue weighted by Gasteiger charge is -2.32. The van der Waals surface area contributed by atoms with Crippen molar-refractivity contribution in [1.82, 2.24) is 10.2 Å². The lowest BCUT2D eigenvalue weighted by molar-refractivity contribution is -0.135. The third-order valence-corrected chi connectivity index (χ3v) is 3.51. The largest absolute Gasteiger partial charge is 0.356 e. The van der Waals surface area contributed by atoms with Crippen LogP contribution in [0.25, 0.3) is 0 Å². The van der Waals surface area contributed by atoms with E-state index in [0.717, 1.165) is 25.8 Å². The second kappa shape index (κ2) is 10.00. The van der Waals surface area contributed by atoms with Crippen LogP contribution in [-0.2, 0) is 9.59 Å². The van der Waals surface area contributed by atoms with Gasteiger partial charge in [-0.1, -0.05) is 6.92 Å². The quantitative estimate of drug-likeness (QED) is 0.776. The summed E-state index contributed by atoms with van der Waals surface area (Å²) in [5, 5.41) is 2.91. The van der Waals surface area contributed by atoms with E-state index in [1.165, 1.54) is 0 Å². The van der Waals surface area contributed by atoms with Crippen LogP contribution in [-0.4, -0.2) is 42.4 Å². The molecule has 0 spiro atoms. The minimum Gasteiger partial charge on any atom is -0.356 e. The first-order valence-corrected chi connectivity index (χ1v) is 7.35. The van der Waals surface area contributed by atoms with Crippen LogP contribution in [0.3, 0.4) is 0 Å². The molecular formula is C14H28ClN3O2. The second-order valence-corrected chi connectivity index (χ2v) is 5.49. The zero-order valence-corrected chi connectivity index (χ0v) is 13.4. The van der Waals surface area contributed by atoms with Crippen molar-refractivity contribution >= 4 is 24.2 Å². The molecule has 2 unspecified atom stereocenters. The highest BCUT2D eigenvalue weighted by atomic mass is 35.5. The molecule has 6 heteroatoms. The molecule has 2 atom stereocenters. The molecule has 0 aliphatic carbocycles. The third-order valence-electron chi connectivity index (χ3n) is 3.51. The highest BCUT2D eigenvalue weighted by Gasteiger charge is 2.27. The number of nitrogens with one attached hydrogen (secondary N) is 1. The van der Waals surface area contributed by atoms with Gasteiger partial charge in [0.15, 0.2) is 0 Å². The van der Waals surface area contributed by atoms with Gasteiger partial charge < -0.3 is 16.0 Å². The number of carbonyl (C=O) groups excluding carboxylic acids is 2. The van der Waals surface area contributed by atoms with Crippen molar-refractivity contribution in [2.75, 3.05) is 19.6 Å². The van der Waals surface area contributed by atoms with E-state index in [1.54, 1.807) is 0 Å². The Morgan fingerprint density at radius 3 is 2.75 bits per heavy atom. The van der Waals surface area contributed by atoms with Crippen molar-refractivity contribution in [3.8, 4) is 0 Å². The van der Waals surface area contributed by atoms with Crippen molar-refractivity contribution in [3.63, 3.8) is 0 Å². The number of hydrogen-bond acceptors (Lipinski definition) is 3. The Balaban J connectivity index is 0.00000361. The number of amides is 2. The summed E-state index contributed by atoms with van der Waals surface area (Å²) in [6.45, 7) is 5.99. The molecule has 118 valence electrons. The molecule has 0 aromatic carbocycles. The Morgan fingerprint density at radius 2 is 2.15 bits per heavy atom. The molecule has 0 aromatic heterocycles. The topological polar surface area (TPSA) is 75.4 Å². The molecule has 3 N–H and O–H groups in total. The van der Waals surface area contributed by atoms with Gasteiger partial charge in [0.05, 0.1) is 5.92 Å². The van der Waals surface area contributed by atoms with Gasteiger partial charge in [-0.3, -0.25) is 9.59 Å². The average Bonchev–Trinajstić information content (AvgIpc) is 2.42.